The Hall–Kier alpha value is -2.72. The zero-order chi connectivity index (χ0) is 19.2. The van der Waals surface area contributed by atoms with Crippen molar-refractivity contribution in [2.75, 3.05) is 43.6 Å². The average molecular weight is 387 g/mol. The maximum absolute atomic E-state index is 12.4. The molecule has 3 heterocycles. The molecule has 28 heavy (non-hydrogen) atoms. The van der Waals surface area contributed by atoms with Gasteiger partial charge in [0, 0.05) is 20.2 Å². The fourth-order valence-electron chi connectivity index (χ4n) is 4.20. The molecule has 1 saturated heterocycles. The smallest absolute Gasteiger partial charge is 0.408 e. The minimum atomic E-state index is -0.350. The van der Waals surface area contributed by atoms with Gasteiger partial charge >= 0.3 is 6.08 Å². The lowest BCUT2D eigenvalue weighted by molar-refractivity contribution is -0.260. The fraction of sp³-hybridized carbons (Fsp3) is 0.556. The van der Waals surface area contributed by atoms with Gasteiger partial charge in [-0.3, -0.25) is 14.6 Å². The van der Waals surface area contributed by atoms with E-state index in [1.165, 1.54) is 0 Å². The third kappa shape index (κ3) is 2.89. The Labute approximate surface area is 161 Å². The van der Waals surface area contributed by atoms with Crippen LogP contribution in [0.3, 0.4) is 0 Å². The number of amides is 1. The molecule has 1 N–H and O–H groups in total. The molecule has 4 aliphatic rings. The number of nitrogens with one attached hydrogen (secondary N) is 1. The monoisotopic (exact) mass is 387 g/mol. The van der Waals surface area contributed by atoms with E-state index in [2.05, 4.69) is 25.3 Å². The van der Waals surface area contributed by atoms with Gasteiger partial charge in [-0.2, -0.15) is 0 Å². The van der Waals surface area contributed by atoms with Crippen molar-refractivity contribution in [3.8, 4) is 11.8 Å². The number of aromatic nitrogens is 3. The third-order valence-corrected chi connectivity index (χ3v) is 5.79. The number of carbonyl (C=O) groups is 1. The Morgan fingerprint density at radius 3 is 2.71 bits per heavy atom. The number of methoxy groups -OCH3 is 1. The number of morpholine rings is 1. The molecular weight excluding hydrogens is 366 g/mol. The number of hydrogen-bond donors (Lipinski definition) is 1. The molecule has 3 saturated carbocycles. The van der Waals surface area contributed by atoms with Crippen LogP contribution in [0.4, 0.5) is 11.8 Å². The second-order valence-electron chi connectivity index (χ2n) is 7.59. The van der Waals surface area contributed by atoms with Crippen molar-refractivity contribution in [2.45, 2.75) is 24.9 Å². The van der Waals surface area contributed by atoms with Crippen molar-refractivity contribution < 1.29 is 23.5 Å². The number of hydrogen-bond acceptors (Lipinski definition) is 9. The first-order valence-corrected chi connectivity index (χ1v) is 9.27. The van der Waals surface area contributed by atoms with E-state index in [1.807, 2.05) is 6.07 Å². The zero-order valence-corrected chi connectivity index (χ0v) is 15.5. The first kappa shape index (κ1) is 17.4. The van der Waals surface area contributed by atoms with Gasteiger partial charge in [0.2, 0.25) is 5.91 Å². The predicted octanol–water partition coefficient (Wildman–Crippen LogP) is 1.60. The van der Waals surface area contributed by atoms with Gasteiger partial charge in [0.25, 0.3) is 5.95 Å². The van der Waals surface area contributed by atoms with Gasteiger partial charge in [0.05, 0.1) is 30.4 Å². The van der Waals surface area contributed by atoms with Crippen molar-refractivity contribution in [3.05, 3.63) is 18.3 Å². The summed E-state index contributed by atoms with van der Waals surface area (Å²) in [7, 11) is 1.69. The third-order valence-electron chi connectivity index (χ3n) is 5.79. The van der Waals surface area contributed by atoms with E-state index in [9.17, 15) is 4.79 Å². The van der Waals surface area contributed by atoms with Crippen LogP contribution in [-0.4, -0.2) is 60.0 Å². The van der Waals surface area contributed by atoms with Crippen molar-refractivity contribution in [1.29, 1.82) is 0 Å². The Kier molecular flexibility index (Phi) is 3.98. The van der Waals surface area contributed by atoms with E-state index in [1.54, 1.807) is 19.4 Å². The lowest BCUT2D eigenvalue weighted by Crippen LogP contribution is -2.72. The molecule has 2 bridgehead atoms. The highest BCUT2D eigenvalue weighted by Crippen LogP contribution is 2.69. The number of anilines is 2. The molecular formula is C18H21N5O5. The average Bonchev–Trinajstić information content (AvgIpc) is 3.08. The first-order chi connectivity index (χ1) is 13.6. The lowest BCUT2D eigenvalue weighted by Gasteiger charge is -2.67. The summed E-state index contributed by atoms with van der Waals surface area (Å²) >= 11 is 0. The number of pyridine rings is 1. The number of rotatable bonds is 6. The van der Waals surface area contributed by atoms with Gasteiger partial charge in [-0.05, 0) is 36.6 Å². The highest BCUT2D eigenvalue weighted by molar-refractivity contribution is 5.96. The molecule has 3 aliphatic carbocycles. The second kappa shape index (κ2) is 6.42. The normalized spacial score (nSPS) is 28.2. The topological polar surface area (TPSA) is 112 Å². The van der Waals surface area contributed by atoms with Gasteiger partial charge in [-0.25, -0.2) is 4.98 Å². The number of ether oxygens (including phenoxy) is 3. The summed E-state index contributed by atoms with van der Waals surface area (Å²) in [5.74, 6) is 1.32. The summed E-state index contributed by atoms with van der Waals surface area (Å²) in [6.45, 7) is 3.02. The van der Waals surface area contributed by atoms with Crippen LogP contribution in [-0.2, 0) is 14.3 Å². The lowest BCUT2D eigenvalue weighted by atomic mass is 9.41. The summed E-state index contributed by atoms with van der Waals surface area (Å²) < 4.78 is 21.3. The van der Waals surface area contributed by atoms with E-state index >= 15 is 0 Å². The minimum Gasteiger partial charge on any atom is -0.408 e. The molecule has 1 aliphatic heterocycles. The molecule has 2 aromatic heterocycles. The maximum Gasteiger partial charge on any atom is 0.424 e. The Balaban J connectivity index is 1.17. The van der Waals surface area contributed by atoms with Gasteiger partial charge in [0.1, 0.15) is 5.82 Å². The van der Waals surface area contributed by atoms with Gasteiger partial charge in [-0.15, -0.1) is 4.98 Å². The van der Waals surface area contributed by atoms with Crippen molar-refractivity contribution in [3.63, 3.8) is 0 Å². The van der Waals surface area contributed by atoms with E-state index in [-0.39, 0.29) is 28.9 Å². The van der Waals surface area contributed by atoms with Crippen LogP contribution in [0.1, 0.15) is 19.3 Å². The van der Waals surface area contributed by atoms with Crippen LogP contribution in [0.15, 0.2) is 22.9 Å². The summed E-state index contributed by atoms with van der Waals surface area (Å²) in [5.41, 5.74) is -0.444. The van der Waals surface area contributed by atoms with Crippen LogP contribution < -0.4 is 15.0 Å². The summed E-state index contributed by atoms with van der Waals surface area (Å²) in [6, 6.07) is 3.65. The molecule has 1 amide bonds. The highest BCUT2D eigenvalue weighted by Gasteiger charge is 2.72. The van der Waals surface area contributed by atoms with Crippen LogP contribution in [0.25, 0.3) is 0 Å². The van der Waals surface area contributed by atoms with Crippen LogP contribution in [0.5, 0.6) is 11.8 Å². The highest BCUT2D eigenvalue weighted by atomic mass is 16.6. The molecule has 10 nitrogen and oxygen atoms in total. The molecule has 2 aromatic rings. The van der Waals surface area contributed by atoms with Gasteiger partial charge in [0.15, 0.2) is 5.75 Å². The SMILES string of the molecule is COC12CC(C(=O)Nc3noc(Oc4ccc(N5CCOCC5)nc4)n3)(C1)C2. The Morgan fingerprint density at radius 2 is 2.04 bits per heavy atom. The molecule has 0 unspecified atom stereocenters. The largest absolute Gasteiger partial charge is 0.424 e. The standard InChI is InChI=1S/C18H21N5O5/c1-25-18-9-17(10-18,11-18)14(24)20-15-21-16(28-22-15)27-12-2-3-13(19-8-12)23-4-6-26-7-5-23/h2-3,8H,4-7,9-11H2,1H3,(H,20,22,24). The predicted molar refractivity (Wildman–Crippen MR) is 96.3 cm³/mol. The van der Waals surface area contributed by atoms with Crippen LogP contribution in [0.2, 0.25) is 0 Å². The van der Waals surface area contributed by atoms with E-state index in [4.69, 9.17) is 18.7 Å². The quantitative estimate of drug-likeness (QED) is 0.790. The molecule has 10 heteroatoms. The van der Waals surface area contributed by atoms with Crippen molar-refractivity contribution >= 4 is 17.7 Å². The maximum atomic E-state index is 12.4. The summed E-state index contributed by atoms with van der Waals surface area (Å²) in [5, 5.41) is 6.45. The number of carbonyl (C=O) groups excluding carboxylic acids is 1. The molecule has 0 spiro atoms. The fourth-order valence-corrected chi connectivity index (χ4v) is 4.20. The van der Waals surface area contributed by atoms with Gasteiger partial charge in [-0.1, -0.05) is 0 Å². The second-order valence-corrected chi connectivity index (χ2v) is 7.59. The van der Waals surface area contributed by atoms with Gasteiger partial charge < -0.3 is 19.1 Å². The Bertz CT molecular complexity index is 857. The molecule has 0 atom stereocenters. The van der Waals surface area contributed by atoms with E-state index < -0.39 is 0 Å². The zero-order valence-electron chi connectivity index (χ0n) is 15.5. The molecule has 148 valence electrons. The molecule has 6 rings (SSSR count). The first-order valence-electron chi connectivity index (χ1n) is 9.27. The van der Waals surface area contributed by atoms with Crippen molar-refractivity contribution in [1.82, 2.24) is 15.1 Å². The van der Waals surface area contributed by atoms with Crippen LogP contribution >= 0.6 is 0 Å². The van der Waals surface area contributed by atoms with Crippen LogP contribution in [0, 0.1) is 5.41 Å². The summed E-state index contributed by atoms with van der Waals surface area (Å²) in [4.78, 5) is 23.0. The molecule has 0 radical (unpaired) electrons. The minimum absolute atomic E-state index is 0.0535. The molecule has 4 fully saturated rings. The van der Waals surface area contributed by atoms with E-state index in [0.29, 0.717) is 19.0 Å². The van der Waals surface area contributed by atoms with Crippen molar-refractivity contribution in [2.24, 2.45) is 5.41 Å². The number of nitrogens with zero attached hydrogens (tertiary/aromatic N) is 4. The summed E-state index contributed by atoms with van der Waals surface area (Å²) in [6.07, 6.45) is 3.77. The Morgan fingerprint density at radius 1 is 1.25 bits per heavy atom. The molecule has 0 aromatic carbocycles. The van der Waals surface area contributed by atoms with E-state index in [0.717, 1.165) is 38.2 Å².